The van der Waals surface area contributed by atoms with Crippen LogP contribution in [0.25, 0.3) is 10.9 Å². The lowest BCUT2D eigenvalue weighted by molar-refractivity contribution is -0.0206. The SMILES string of the molecule is C=Nc1cccn1[C@H]1[C@H](O)[C@H](O)C2(CC(C)c3ccc4ccc(N)nc4c3)C[C@H]12. The second kappa shape index (κ2) is 6.40. The van der Waals surface area contributed by atoms with Gasteiger partial charge in [-0.3, -0.25) is 0 Å². The van der Waals surface area contributed by atoms with E-state index in [4.69, 9.17) is 5.73 Å². The van der Waals surface area contributed by atoms with Gasteiger partial charge >= 0.3 is 0 Å². The van der Waals surface area contributed by atoms with Crippen molar-refractivity contribution in [3.63, 3.8) is 0 Å². The Bertz CT molecular complexity index is 1090. The normalized spacial score (nSPS) is 31.6. The Morgan fingerprint density at radius 1 is 1.31 bits per heavy atom. The number of anilines is 1. The standard InChI is InChI=1S/C23H26N4O2/c1-13(15-6-5-14-7-8-18(24)26-17(14)10-15)11-23-12-16(23)20(21(28)22(23)29)27-9-3-4-19(27)25-2/h3-10,13,16,20-22,28-29H,2,11-12H2,1H3,(H2,24,26)/t13?,16-,20-,21+,22+,23?/m1/s1. The minimum Gasteiger partial charge on any atom is -0.390 e. The molecule has 2 aromatic heterocycles. The maximum absolute atomic E-state index is 11.0. The molecule has 2 saturated carbocycles. The minimum absolute atomic E-state index is 0.161. The van der Waals surface area contributed by atoms with Crippen molar-refractivity contribution in [1.29, 1.82) is 0 Å². The van der Waals surface area contributed by atoms with E-state index in [1.165, 1.54) is 5.56 Å². The lowest BCUT2D eigenvalue weighted by Gasteiger charge is -2.26. The van der Waals surface area contributed by atoms with Crippen molar-refractivity contribution in [1.82, 2.24) is 9.55 Å². The summed E-state index contributed by atoms with van der Waals surface area (Å²) in [5.74, 6) is 1.71. The van der Waals surface area contributed by atoms with Gasteiger partial charge in [-0.25, -0.2) is 9.98 Å². The second-order valence-corrected chi connectivity index (χ2v) is 8.70. The molecule has 150 valence electrons. The van der Waals surface area contributed by atoms with Crippen LogP contribution in [0.5, 0.6) is 0 Å². The molecule has 6 nitrogen and oxygen atoms in total. The lowest BCUT2D eigenvalue weighted by Crippen LogP contribution is -2.34. The van der Waals surface area contributed by atoms with Gasteiger partial charge < -0.3 is 20.5 Å². The highest BCUT2D eigenvalue weighted by molar-refractivity contribution is 5.80. The van der Waals surface area contributed by atoms with Crippen LogP contribution in [-0.2, 0) is 0 Å². The van der Waals surface area contributed by atoms with Gasteiger partial charge in [-0.05, 0) is 67.3 Å². The molecule has 2 fully saturated rings. The zero-order valence-corrected chi connectivity index (χ0v) is 16.4. The fourth-order valence-corrected chi connectivity index (χ4v) is 5.55. The topological polar surface area (TPSA) is 96.7 Å². The van der Waals surface area contributed by atoms with Crippen LogP contribution in [0.2, 0.25) is 0 Å². The lowest BCUT2D eigenvalue weighted by atomic mass is 9.84. The Balaban J connectivity index is 1.41. The molecule has 29 heavy (non-hydrogen) atoms. The molecular weight excluding hydrogens is 364 g/mol. The van der Waals surface area contributed by atoms with E-state index in [0.29, 0.717) is 5.82 Å². The monoisotopic (exact) mass is 390 g/mol. The van der Waals surface area contributed by atoms with Gasteiger partial charge in [0.25, 0.3) is 0 Å². The van der Waals surface area contributed by atoms with Gasteiger partial charge in [-0.2, -0.15) is 0 Å². The van der Waals surface area contributed by atoms with Gasteiger partial charge in [0.2, 0.25) is 0 Å². The van der Waals surface area contributed by atoms with Gasteiger partial charge in [-0.1, -0.05) is 19.1 Å². The minimum atomic E-state index is -0.799. The molecule has 0 saturated heterocycles. The van der Waals surface area contributed by atoms with Gasteiger partial charge in [0.1, 0.15) is 17.7 Å². The fourth-order valence-electron chi connectivity index (χ4n) is 5.55. The Kier molecular flexibility index (Phi) is 4.05. The van der Waals surface area contributed by atoms with Crippen LogP contribution in [0.4, 0.5) is 11.6 Å². The van der Waals surface area contributed by atoms with Crippen LogP contribution in [0, 0.1) is 11.3 Å². The summed E-state index contributed by atoms with van der Waals surface area (Å²) < 4.78 is 1.97. The van der Waals surface area contributed by atoms with Crippen molar-refractivity contribution >= 4 is 29.3 Å². The van der Waals surface area contributed by atoms with Gasteiger partial charge in [0, 0.05) is 17.0 Å². The molecule has 2 unspecified atom stereocenters. The number of aromatic nitrogens is 2. The number of pyridine rings is 1. The summed E-state index contributed by atoms with van der Waals surface area (Å²) in [6, 6.07) is 13.7. The second-order valence-electron chi connectivity index (χ2n) is 8.70. The van der Waals surface area contributed by atoms with E-state index in [1.54, 1.807) is 0 Å². The van der Waals surface area contributed by atoms with E-state index in [9.17, 15) is 10.2 Å². The number of hydrogen-bond acceptors (Lipinski definition) is 5. The number of aliphatic hydroxyl groups is 2. The Labute approximate surface area is 169 Å². The first kappa shape index (κ1) is 18.3. The molecule has 2 heterocycles. The quantitative estimate of drug-likeness (QED) is 0.582. The number of nitrogens with zero attached hydrogens (tertiary/aromatic N) is 3. The van der Waals surface area contributed by atoms with E-state index in [0.717, 1.165) is 29.6 Å². The maximum Gasteiger partial charge on any atom is 0.132 e. The van der Waals surface area contributed by atoms with Crippen molar-refractivity contribution < 1.29 is 10.2 Å². The summed E-state index contributed by atoms with van der Waals surface area (Å²) in [5, 5.41) is 22.8. The molecule has 0 spiro atoms. The van der Waals surface area contributed by atoms with Crippen LogP contribution in [0.3, 0.4) is 0 Å². The molecule has 1 aromatic carbocycles. The summed E-state index contributed by atoms with van der Waals surface area (Å²) in [6.45, 7) is 5.80. The number of aliphatic imine (C=N–C) groups is 1. The zero-order chi connectivity index (χ0) is 20.3. The van der Waals surface area contributed by atoms with Gasteiger partial charge in [0.15, 0.2) is 0 Å². The smallest absolute Gasteiger partial charge is 0.132 e. The predicted octanol–water partition coefficient (Wildman–Crippen LogP) is 3.43. The summed E-state index contributed by atoms with van der Waals surface area (Å²) in [6.07, 6.45) is 2.11. The third kappa shape index (κ3) is 2.70. The Hall–Kier alpha value is -2.70. The first-order valence-corrected chi connectivity index (χ1v) is 10.1. The molecular formula is C23H26N4O2. The summed E-state index contributed by atoms with van der Waals surface area (Å²) >= 11 is 0. The number of hydrogen-bond donors (Lipinski definition) is 3. The average molecular weight is 390 g/mol. The third-order valence-electron chi connectivity index (χ3n) is 7.09. The number of aliphatic hydroxyl groups excluding tert-OH is 2. The number of nitrogens with two attached hydrogens (primary N) is 1. The fraction of sp³-hybridized carbons (Fsp3) is 0.391. The van der Waals surface area contributed by atoms with Gasteiger partial charge in [0.05, 0.1) is 17.7 Å². The molecule has 0 radical (unpaired) electrons. The van der Waals surface area contributed by atoms with Crippen molar-refractivity contribution in [2.75, 3.05) is 5.73 Å². The molecule has 0 amide bonds. The van der Waals surface area contributed by atoms with Crippen LogP contribution >= 0.6 is 0 Å². The van der Waals surface area contributed by atoms with Crippen molar-refractivity contribution in [2.24, 2.45) is 16.3 Å². The molecule has 4 N–H and O–H groups in total. The van der Waals surface area contributed by atoms with Crippen molar-refractivity contribution in [3.05, 3.63) is 54.2 Å². The number of rotatable bonds is 5. The van der Waals surface area contributed by atoms with E-state index in [2.05, 4.69) is 41.8 Å². The molecule has 6 heteroatoms. The molecule has 5 rings (SSSR count). The first-order chi connectivity index (χ1) is 13.9. The average Bonchev–Trinajstić information content (AvgIpc) is 3.13. The summed E-state index contributed by atoms with van der Waals surface area (Å²) in [5.41, 5.74) is 7.65. The number of benzene rings is 1. The zero-order valence-electron chi connectivity index (χ0n) is 16.4. The van der Waals surface area contributed by atoms with Crippen LogP contribution in [-0.4, -0.2) is 38.7 Å². The predicted molar refractivity (Wildman–Crippen MR) is 114 cm³/mol. The highest BCUT2D eigenvalue weighted by atomic mass is 16.3. The van der Waals surface area contributed by atoms with E-state index in [1.807, 2.05) is 35.0 Å². The molecule has 6 atom stereocenters. The summed E-state index contributed by atoms with van der Waals surface area (Å²) in [7, 11) is 0. The van der Waals surface area contributed by atoms with Crippen molar-refractivity contribution in [3.8, 4) is 0 Å². The molecule has 0 bridgehead atoms. The third-order valence-corrected chi connectivity index (χ3v) is 7.09. The largest absolute Gasteiger partial charge is 0.390 e. The molecule has 2 aliphatic carbocycles. The Morgan fingerprint density at radius 2 is 2.10 bits per heavy atom. The van der Waals surface area contributed by atoms with E-state index in [-0.39, 0.29) is 23.3 Å². The van der Waals surface area contributed by atoms with E-state index < -0.39 is 12.2 Å². The van der Waals surface area contributed by atoms with Crippen LogP contribution in [0.15, 0.2) is 53.7 Å². The molecule has 0 aliphatic heterocycles. The Morgan fingerprint density at radius 3 is 2.90 bits per heavy atom. The highest BCUT2D eigenvalue weighted by Gasteiger charge is 2.71. The number of fused-ring (bicyclic) bond motifs is 2. The van der Waals surface area contributed by atoms with E-state index >= 15 is 0 Å². The highest BCUT2D eigenvalue weighted by Crippen LogP contribution is 2.71. The van der Waals surface area contributed by atoms with Crippen LogP contribution < -0.4 is 5.73 Å². The first-order valence-electron chi connectivity index (χ1n) is 10.1. The van der Waals surface area contributed by atoms with Gasteiger partial charge in [-0.15, -0.1) is 0 Å². The van der Waals surface area contributed by atoms with Crippen molar-refractivity contribution in [2.45, 2.75) is 43.9 Å². The maximum atomic E-state index is 11.0. The number of nitrogen functional groups attached to an aromatic ring is 1. The van der Waals surface area contributed by atoms with Crippen LogP contribution in [0.1, 0.15) is 37.3 Å². The summed E-state index contributed by atoms with van der Waals surface area (Å²) in [4.78, 5) is 8.50. The molecule has 3 aromatic rings. The molecule has 2 aliphatic rings.